The van der Waals surface area contributed by atoms with Gasteiger partial charge in [-0.1, -0.05) is 30.7 Å². The van der Waals surface area contributed by atoms with Crippen LogP contribution in [0.15, 0.2) is 34.8 Å². The molecule has 0 aliphatic heterocycles. The summed E-state index contributed by atoms with van der Waals surface area (Å²) >= 11 is 9.46. The molecule has 0 saturated carbocycles. The third-order valence-electron chi connectivity index (χ3n) is 3.29. The smallest absolute Gasteiger partial charge is 0.137 e. The quantitative estimate of drug-likeness (QED) is 0.757. The second kappa shape index (κ2) is 6.86. The average Bonchev–Trinajstić information content (AvgIpc) is 2.44. The van der Waals surface area contributed by atoms with Crippen molar-refractivity contribution in [2.24, 2.45) is 0 Å². The molecule has 1 nitrogen and oxygen atoms in total. The SMILES string of the molecule is CCNC(c1cc(C)c(F)cc1Cl)c1cccc(F)c1Br. The summed E-state index contributed by atoms with van der Waals surface area (Å²) in [6.07, 6.45) is 0. The van der Waals surface area contributed by atoms with E-state index in [1.54, 1.807) is 19.1 Å². The van der Waals surface area contributed by atoms with E-state index >= 15 is 0 Å². The molecule has 2 aromatic rings. The van der Waals surface area contributed by atoms with Gasteiger partial charge in [-0.15, -0.1) is 0 Å². The standard InChI is InChI=1S/C16H15BrClF2N/c1-3-21-16(10-5-4-6-13(19)15(10)17)11-7-9(2)14(20)8-12(11)18/h4-8,16,21H,3H2,1-2H3. The molecule has 0 aliphatic carbocycles. The summed E-state index contributed by atoms with van der Waals surface area (Å²) in [6.45, 7) is 4.30. The van der Waals surface area contributed by atoms with Crippen LogP contribution in [-0.4, -0.2) is 6.54 Å². The second-order valence-electron chi connectivity index (χ2n) is 4.76. The van der Waals surface area contributed by atoms with E-state index in [-0.39, 0.29) is 17.7 Å². The second-order valence-corrected chi connectivity index (χ2v) is 5.96. The highest BCUT2D eigenvalue weighted by molar-refractivity contribution is 9.10. The van der Waals surface area contributed by atoms with Crippen molar-refractivity contribution in [3.8, 4) is 0 Å². The van der Waals surface area contributed by atoms with Crippen molar-refractivity contribution >= 4 is 27.5 Å². The summed E-state index contributed by atoms with van der Waals surface area (Å²) in [5.74, 6) is -0.692. The zero-order chi connectivity index (χ0) is 15.6. The molecule has 0 radical (unpaired) electrons. The van der Waals surface area contributed by atoms with Crippen molar-refractivity contribution in [1.82, 2.24) is 5.32 Å². The van der Waals surface area contributed by atoms with E-state index in [1.807, 2.05) is 13.0 Å². The lowest BCUT2D eigenvalue weighted by Crippen LogP contribution is -2.23. The lowest BCUT2D eigenvalue weighted by Gasteiger charge is -2.22. The van der Waals surface area contributed by atoms with Crippen molar-refractivity contribution in [1.29, 1.82) is 0 Å². The third kappa shape index (κ3) is 3.44. The van der Waals surface area contributed by atoms with Crippen molar-refractivity contribution in [3.05, 3.63) is 68.2 Å². The van der Waals surface area contributed by atoms with Crippen LogP contribution in [0.1, 0.15) is 29.7 Å². The third-order valence-corrected chi connectivity index (χ3v) is 4.45. The van der Waals surface area contributed by atoms with Crippen LogP contribution in [-0.2, 0) is 0 Å². The average molecular weight is 375 g/mol. The van der Waals surface area contributed by atoms with Crippen LogP contribution < -0.4 is 5.32 Å². The predicted octanol–water partition coefficient (Wildman–Crippen LogP) is 5.39. The van der Waals surface area contributed by atoms with Gasteiger partial charge in [-0.2, -0.15) is 0 Å². The van der Waals surface area contributed by atoms with Crippen molar-refractivity contribution < 1.29 is 8.78 Å². The van der Waals surface area contributed by atoms with Gasteiger partial charge in [0.05, 0.1) is 10.5 Å². The molecule has 0 amide bonds. The van der Waals surface area contributed by atoms with Crippen LogP contribution in [0.2, 0.25) is 5.02 Å². The highest BCUT2D eigenvalue weighted by atomic mass is 79.9. The van der Waals surface area contributed by atoms with Gasteiger partial charge in [0.25, 0.3) is 0 Å². The summed E-state index contributed by atoms with van der Waals surface area (Å²) in [6, 6.07) is 7.52. The largest absolute Gasteiger partial charge is 0.306 e. The Hall–Kier alpha value is -0.970. The minimum Gasteiger partial charge on any atom is -0.306 e. The molecule has 1 unspecified atom stereocenters. The van der Waals surface area contributed by atoms with Gasteiger partial charge in [0.2, 0.25) is 0 Å². The van der Waals surface area contributed by atoms with Crippen LogP contribution >= 0.6 is 27.5 Å². The normalized spacial score (nSPS) is 12.5. The molecular formula is C16H15BrClF2N. The zero-order valence-electron chi connectivity index (χ0n) is 11.7. The van der Waals surface area contributed by atoms with E-state index in [4.69, 9.17) is 11.6 Å². The van der Waals surface area contributed by atoms with Gasteiger partial charge < -0.3 is 5.32 Å². The number of hydrogen-bond acceptors (Lipinski definition) is 1. The molecule has 112 valence electrons. The molecule has 1 atom stereocenters. The van der Waals surface area contributed by atoms with E-state index in [2.05, 4.69) is 21.2 Å². The molecular weight excluding hydrogens is 360 g/mol. The Balaban J connectivity index is 2.59. The van der Waals surface area contributed by atoms with Gasteiger partial charge in [0.1, 0.15) is 11.6 Å². The summed E-state index contributed by atoms with van der Waals surface area (Å²) < 4.78 is 27.7. The molecule has 0 heterocycles. The number of hydrogen-bond donors (Lipinski definition) is 1. The van der Waals surface area contributed by atoms with Gasteiger partial charge in [-0.25, -0.2) is 8.78 Å². The molecule has 0 bridgehead atoms. The van der Waals surface area contributed by atoms with Crippen LogP contribution in [0.25, 0.3) is 0 Å². The Morgan fingerprint density at radius 1 is 1.19 bits per heavy atom. The van der Waals surface area contributed by atoms with Crippen LogP contribution in [0.4, 0.5) is 8.78 Å². The first-order chi connectivity index (χ1) is 9.95. The lowest BCUT2D eigenvalue weighted by atomic mass is 9.96. The Morgan fingerprint density at radius 3 is 2.57 bits per heavy atom. The number of nitrogens with one attached hydrogen (secondary N) is 1. The summed E-state index contributed by atoms with van der Waals surface area (Å²) in [5.41, 5.74) is 1.96. The van der Waals surface area contributed by atoms with Gasteiger partial charge in [0, 0.05) is 5.02 Å². The predicted molar refractivity (Wildman–Crippen MR) is 85.8 cm³/mol. The van der Waals surface area contributed by atoms with E-state index in [9.17, 15) is 8.78 Å². The van der Waals surface area contributed by atoms with E-state index in [0.717, 1.165) is 11.1 Å². The number of halogens is 4. The van der Waals surface area contributed by atoms with Gasteiger partial charge in [-0.3, -0.25) is 0 Å². The number of aryl methyl sites for hydroxylation is 1. The zero-order valence-corrected chi connectivity index (χ0v) is 14.0. The van der Waals surface area contributed by atoms with E-state index in [0.29, 0.717) is 21.6 Å². The minimum absolute atomic E-state index is 0.313. The topological polar surface area (TPSA) is 12.0 Å². The first-order valence-corrected chi connectivity index (χ1v) is 7.75. The Kier molecular flexibility index (Phi) is 5.36. The number of benzene rings is 2. The minimum atomic E-state index is -0.350. The molecule has 5 heteroatoms. The van der Waals surface area contributed by atoms with Gasteiger partial charge >= 0.3 is 0 Å². The van der Waals surface area contributed by atoms with Crippen LogP contribution in [0.5, 0.6) is 0 Å². The van der Waals surface area contributed by atoms with Gasteiger partial charge in [-0.05, 0) is 64.3 Å². The molecule has 21 heavy (non-hydrogen) atoms. The molecule has 0 aliphatic rings. The fraction of sp³-hybridized carbons (Fsp3) is 0.250. The van der Waals surface area contributed by atoms with E-state index in [1.165, 1.54) is 12.1 Å². The maximum absolute atomic E-state index is 13.8. The highest BCUT2D eigenvalue weighted by Crippen LogP contribution is 2.34. The monoisotopic (exact) mass is 373 g/mol. The lowest BCUT2D eigenvalue weighted by molar-refractivity contribution is 0.590. The molecule has 0 aromatic heterocycles. The molecule has 0 spiro atoms. The Morgan fingerprint density at radius 2 is 1.90 bits per heavy atom. The fourth-order valence-electron chi connectivity index (χ4n) is 2.24. The van der Waals surface area contributed by atoms with E-state index < -0.39 is 0 Å². The highest BCUT2D eigenvalue weighted by Gasteiger charge is 2.21. The number of rotatable bonds is 4. The molecule has 0 saturated heterocycles. The van der Waals surface area contributed by atoms with Crippen molar-refractivity contribution in [2.75, 3.05) is 6.54 Å². The van der Waals surface area contributed by atoms with Crippen LogP contribution in [0.3, 0.4) is 0 Å². The summed E-state index contributed by atoms with van der Waals surface area (Å²) in [4.78, 5) is 0. The summed E-state index contributed by atoms with van der Waals surface area (Å²) in [7, 11) is 0. The van der Waals surface area contributed by atoms with Crippen molar-refractivity contribution in [2.45, 2.75) is 19.9 Å². The molecule has 2 rings (SSSR count). The molecule has 2 aromatic carbocycles. The maximum atomic E-state index is 13.8. The molecule has 0 fully saturated rings. The van der Waals surface area contributed by atoms with Crippen molar-refractivity contribution in [3.63, 3.8) is 0 Å². The fourth-order valence-corrected chi connectivity index (χ4v) is 2.99. The Labute approximate surface area is 136 Å². The first kappa shape index (κ1) is 16.4. The van der Waals surface area contributed by atoms with Crippen LogP contribution in [0, 0.1) is 18.6 Å². The Bertz CT molecular complexity index is 661. The summed E-state index contributed by atoms with van der Waals surface area (Å²) in [5, 5.41) is 3.59. The van der Waals surface area contributed by atoms with Gasteiger partial charge in [0.15, 0.2) is 0 Å². The molecule has 1 N–H and O–H groups in total. The first-order valence-electron chi connectivity index (χ1n) is 6.58. The maximum Gasteiger partial charge on any atom is 0.137 e.